The molecule has 0 saturated carbocycles. The third kappa shape index (κ3) is 10.1. The van der Waals surface area contributed by atoms with E-state index in [2.05, 4.69) is 34.5 Å². The van der Waals surface area contributed by atoms with Gasteiger partial charge in [-0.25, -0.2) is 0 Å². The van der Waals surface area contributed by atoms with Gasteiger partial charge in [-0.2, -0.15) is 0 Å². The molecule has 1 aliphatic heterocycles. The first-order chi connectivity index (χ1) is 11.3. The molecule has 0 radical (unpaired) electrons. The van der Waals surface area contributed by atoms with Gasteiger partial charge in [0.05, 0.1) is 6.61 Å². The van der Waals surface area contributed by atoms with Crippen LogP contribution in [0.3, 0.4) is 0 Å². The van der Waals surface area contributed by atoms with Gasteiger partial charge in [0.15, 0.2) is 0 Å². The second kappa shape index (κ2) is 15.2. The number of alkyl halides is 2. The smallest absolute Gasteiger partial charge is 0.119 e. The molecule has 1 atom stereocenters. The molecule has 25 heavy (non-hydrogen) atoms. The van der Waals surface area contributed by atoms with Gasteiger partial charge < -0.3 is 10.1 Å². The number of piperidine rings is 1. The van der Waals surface area contributed by atoms with Crippen LogP contribution in [0.1, 0.15) is 31.2 Å². The molecule has 0 aromatic heterocycles. The van der Waals surface area contributed by atoms with Gasteiger partial charge in [0.2, 0.25) is 0 Å². The third-order valence-corrected chi connectivity index (χ3v) is 4.62. The lowest BCUT2D eigenvalue weighted by Gasteiger charge is -2.23. The lowest BCUT2D eigenvalue weighted by Crippen LogP contribution is -2.35. The topological polar surface area (TPSA) is 24.5 Å². The standard InChI is InChI=1S/C18H28Cl2N2O.2ClH/c19-9-12-22(13-10-20)15-16-4-6-18(7-5-16)23-14-8-17-3-1-2-11-21-17;;/h4-7,17,21H,1-3,8-15H2;2*1H. The Balaban J connectivity index is 0.00000288. The zero-order valence-corrected chi connectivity index (χ0v) is 17.7. The Morgan fingerprint density at radius 2 is 1.72 bits per heavy atom. The van der Waals surface area contributed by atoms with E-state index in [9.17, 15) is 0 Å². The molecule has 1 aromatic rings. The molecular weight excluding hydrogens is 402 g/mol. The van der Waals surface area contributed by atoms with Crippen LogP contribution in [0, 0.1) is 0 Å². The predicted molar refractivity (Wildman–Crippen MR) is 113 cm³/mol. The van der Waals surface area contributed by atoms with Crippen LogP contribution in [-0.4, -0.2) is 48.9 Å². The molecule has 0 bridgehead atoms. The Kier molecular flexibility index (Phi) is 15.2. The number of benzene rings is 1. The van der Waals surface area contributed by atoms with Crippen molar-refractivity contribution in [1.82, 2.24) is 10.2 Å². The van der Waals surface area contributed by atoms with E-state index in [0.717, 1.165) is 45.0 Å². The minimum Gasteiger partial charge on any atom is -0.494 e. The predicted octanol–water partition coefficient (Wildman–Crippen LogP) is 4.72. The number of nitrogens with one attached hydrogen (secondary N) is 1. The largest absolute Gasteiger partial charge is 0.494 e. The Hall–Kier alpha value is 0.1000. The van der Waals surface area contributed by atoms with E-state index in [1.165, 1.54) is 24.8 Å². The monoisotopic (exact) mass is 430 g/mol. The Bertz CT molecular complexity index is 422. The molecule has 0 spiro atoms. The summed E-state index contributed by atoms with van der Waals surface area (Å²) in [7, 11) is 0. The van der Waals surface area contributed by atoms with Gasteiger partial charge in [0.1, 0.15) is 5.75 Å². The zero-order chi connectivity index (χ0) is 16.3. The van der Waals surface area contributed by atoms with Gasteiger partial charge in [0.25, 0.3) is 0 Å². The number of ether oxygens (including phenoxy) is 1. The Morgan fingerprint density at radius 1 is 1.04 bits per heavy atom. The van der Waals surface area contributed by atoms with Gasteiger partial charge in [-0.15, -0.1) is 48.0 Å². The van der Waals surface area contributed by atoms with Gasteiger partial charge in [-0.05, 0) is 43.5 Å². The fourth-order valence-electron chi connectivity index (χ4n) is 2.95. The van der Waals surface area contributed by atoms with Gasteiger partial charge in [-0.1, -0.05) is 18.6 Å². The molecule has 3 nitrogen and oxygen atoms in total. The summed E-state index contributed by atoms with van der Waals surface area (Å²) in [6.07, 6.45) is 5.01. The van der Waals surface area contributed by atoms with Crippen LogP contribution >= 0.6 is 48.0 Å². The first-order valence-corrected chi connectivity index (χ1v) is 9.68. The summed E-state index contributed by atoms with van der Waals surface area (Å²) >= 11 is 11.7. The van der Waals surface area contributed by atoms with Crippen LogP contribution in [0.25, 0.3) is 0 Å². The van der Waals surface area contributed by atoms with Crippen LogP contribution in [-0.2, 0) is 6.54 Å². The van der Waals surface area contributed by atoms with Crippen molar-refractivity contribution in [2.24, 2.45) is 0 Å². The maximum Gasteiger partial charge on any atom is 0.119 e. The molecule has 1 fully saturated rings. The van der Waals surface area contributed by atoms with Crippen LogP contribution in [0.2, 0.25) is 0 Å². The minimum atomic E-state index is 0. The molecule has 1 saturated heterocycles. The highest BCUT2D eigenvalue weighted by atomic mass is 35.5. The lowest BCUT2D eigenvalue weighted by molar-refractivity contribution is 0.268. The summed E-state index contributed by atoms with van der Waals surface area (Å²) in [4.78, 5) is 2.27. The Morgan fingerprint density at radius 3 is 2.28 bits per heavy atom. The van der Waals surface area contributed by atoms with Crippen LogP contribution in [0.4, 0.5) is 0 Å². The van der Waals surface area contributed by atoms with Crippen molar-refractivity contribution in [2.45, 2.75) is 38.3 Å². The molecule has 0 aliphatic carbocycles. The highest BCUT2D eigenvalue weighted by molar-refractivity contribution is 6.18. The molecule has 2 rings (SSSR count). The summed E-state index contributed by atoms with van der Waals surface area (Å²) in [5.74, 6) is 2.21. The molecule has 1 aliphatic rings. The van der Waals surface area contributed by atoms with Crippen molar-refractivity contribution < 1.29 is 4.74 Å². The molecule has 146 valence electrons. The minimum absolute atomic E-state index is 0. The SMILES string of the molecule is Cl.Cl.ClCCN(CCCl)Cc1ccc(OCCC2CCCCN2)cc1. The van der Waals surface area contributed by atoms with E-state index in [4.69, 9.17) is 27.9 Å². The van der Waals surface area contributed by atoms with Crippen molar-refractivity contribution in [1.29, 1.82) is 0 Å². The van der Waals surface area contributed by atoms with E-state index < -0.39 is 0 Å². The number of hydrogen-bond donors (Lipinski definition) is 1. The van der Waals surface area contributed by atoms with Gasteiger partial charge in [0, 0.05) is 37.4 Å². The summed E-state index contributed by atoms with van der Waals surface area (Å²) in [6, 6.07) is 9.00. The number of nitrogens with zero attached hydrogens (tertiary/aromatic N) is 1. The van der Waals surface area contributed by atoms with Crippen molar-refractivity contribution in [3.8, 4) is 5.75 Å². The van der Waals surface area contributed by atoms with Crippen LogP contribution in [0.15, 0.2) is 24.3 Å². The average molecular weight is 432 g/mol. The molecule has 1 unspecified atom stereocenters. The molecule has 0 amide bonds. The van der Waals surface area contributed by atoms with Crippen LogP contribution in [0.5, 0.6) is 5.75 Å². The van der Waals surface area contributed by atoms with Crippen molar-refractivity contribution >= 4 is 48.0 Å². The quantitative estimate of drug-likeness (QED) is 0.542. The zero-order valence-electron chi connectivity index (χ0n) is 14.6. The van der Waals surface area contributed by atoms with Crippen molar-refractivity contribution in [2.75, 3.05) is 38.0 Å². The lowest BCUT2D eigenvalue weighted by atomic mass is 10.0. The van der Waals surface area contributed by atoms with E-state index in [1.54, 1.807) is 0 Å². The molecule has 1 N–H and O–H groups in total. The average Bonchev–Trinajstić information content (AvgIpc) is 2.58. The first kappa shape index (κ1) is 25.1. The van der Waals surface area contributed by atoms with Crippen molar-refractivity contribution in [3.05, 3.63) is 29.8 Å². The summed E-state index contributed by atoms with van der Waals surface area (Å²) in [6.45, 7) is 4.54. The fourth-order valence-corrected chi connectivity index (χ4v) is 3.43. The van der Waals surface area contributed by atoms with E-state index in [-0.39, 0.29) is 24.8 Å². The van der Waals surface area contributed by atoms with E-state index >= 15 is 0 Å². The highest BCUT2D eigenvalue weighted by Gasteiger charge is 2.12. The molecule has 7 heteroatoms. The van der Waals surface area contributed by atoms with Gasteiger partial charge in [-0.3, -0.25) is 4.90 Å². The third-order valence-electron chi connectivity index (χ3n) is 4.28. The second-order valence-electron chi connectivity index (χ2n) is 6.08. The fraction of sp³-hybridized carbons (Fsp3) is 0.667. The number of hydrogen-bond acceptors (Lipinski definition) is 3. The van der Waals surface area contributed by atoms with E-state index in [1.807, 2.05) is 0 Å². The second-order valence-corrected chi connectivity index (χ2v) is 6.84. The molecule has 1 aromatic carbocycles. The molecule has 1 heterocycles. The van der Waals surface area contributed by atoms with Gasteiger partial charge >= 0.3 is 0 Å². The normalized spacial score (nSPS) is 16.8. The number of rotatable bonds is 10. The summed E-state index contributed by atoms with van der Waals surface area (Å²) in [5, 5.41) is 3.55. The molecular formula is C18H30Cl4N2O. The summed E-state index contributed by atoms with van der Waals surface area (Å²) in [5.41, 5.74) is 1.27. The van der Waals surface area contributed by atoms with E-state index in [0.29, 0.717) is 17.8 Å². The Labute approximate surface area is 174 Å². The maximum absolute atomic E-state index is 5.87. The maximum atomic E-state index is 5.87. The van der Waals surface area contributed by atoms with Crippen LogP contribution < -0.4 is 10.1 Å². The first-order valence-electron chi connectivity index (χ1n) is 8.61. The summed E-state index contributed by atoms with van der Waals surface area (Å²) < 4.78 is 5.87. The number of halogens is 4. The van der Waals surface area contributed by atoms with Crippen molar-refractivity contribution in [3.63, 3.8) is 0 Å². The highest BCUT2D eigenvalue weighted by Crippen LogP contribution is 2.16.